The van der Waals surface area contributed by atoms with Gasteiger partial charge in [-0.15, -0.1) is 0 Å². The van der Waals surface area contributed by atoms with Crippen LogP contribution in [0.1, 0.15) is 54.4 Å². The van der Waals surface area contributed by atoms with E-state index in [1.54, 1.807) is 11.1 Å². The topological polar surface area (TPSA) is 71.5 Å². The number of likely N-dealkylation sites (tertiary alicyclic amines) is 1. The zero-order valence-corrected chi connectivity index (χ0v) is 17.6. The number of benzene rings is 1. The Kier molecular flexibility index (Phi) is 6.03. The molecular formula is C21H27N3O3S. The zero-order chi connectivity index (χ0) is 20.3. The zero-order valence-electron chi connectivity index (χ0n) is 16.8. The monoisotopic (exact) mass is 401 g/mol. The van der Waals surface area contributed by atoms with Crippen LogP contribution < -0.4 is 5.32 Å². The highest BCUT2D eigenvalue weighted by atomic mass is 32.1. The van der Waals surface area contributed by atoms with Gasteiger partial charge in [0.1, 0.15) is 5.60 Å². The Morgan fingerprint density at radius 2 is 1.89 bits per heavy atom. The van der Waals surface area contributed by atoms with Crippen molar-refractivity contribution in [1.29, 1.82) is 0 Å². The van der Waals surface area contributed by atoms with Crippen LogP contribution in [0.2, 0.25) is 0 Å². The maximum atomic E-state index is 12.7. The molecule has 1 N–H and O–H groups in total. The fraction of sp³-hybridized carbons (Fsp3) is 0.476. The van der Waals surface area contributed by atoms with E-state index >= 15 is 0 Å². The molecule has 1 aliphatic heterocycles. The number of rotatable bonds is 4. The molecule has 0 spiro atoms. The van der Waals surface area contributed by atoms with Gasteiger partial charge in [-0.3, -0.25) is 4.79 Å². The number of ketones is 1. The van der Waals surface area contributed by atoms with E-state index in [1.807, 2.05) is 52.0 Å². The number of hydrogen-bond donors (Lipinski definition) is 1. The molecule has 2 aromatic rings. The molecule has 1 saturated heterocycles. The van der Waals surface area contributed by atoms with Crippen molar-refractivity contribution in [3.05, 3.63) is 46.5 Å². The van der Waals surface area contributed by atoms with Gasteiger partial charge in [0.2, 0.25) is 5.78 Å². The second-order valence-electron chi connectivity index (χ2n) is 8.06. The van der Waals surface area contributed by atoms with Crippen molar-refractivity contribution in [2.24, 2.45) is 0 Å². The first-order chi connectivity index (χ1) is 13.2. The van der Waals surface area contributed by atoms with Crippen LogP contribution in [0.25, 0.3) is 0 Å². The van der Waals surface area contributed by atoms with Gasteiger partial charge in [-0.2, -0.15) is 0 Å². The summed E-state index contributed by atoms with van der Waals surface area (Å²) >= 11 is 1.38. The summed E-state index contributed by atoms with van der Waals surface area (Å²) in [5.41, 5.74) is 1.20. The van der Waals surface area contributed by atoms with E-state index in [0.717, 1.165) is 23.5 Å². The van der Waals surface area contributed by atoms with Crippen molar-refractivity contribution in [2.75, 3.05) is 18.4 Å². The number of ether oxygens (including phenoxy) is 1. The van der Waals surface area contributed by atoms with Crippen molar-refractivity contribution >= 4 is 28.3 Å². The fourth-order valence-corrected chi connectivity index (χ4v) is 3.96. The van der Waals surface area contributed by atoms with Crippen LogP contribution in [-0.2, 0) is 4.74 Å². The smallest absolute Gasteiger partial charge is 0.410 e. The average molecular weight is 402 g/mol. The van der Waals surface area contributed by atoms with Gasteiger partial charge in [-0.1, -0.05) is 35.6 Å². The van der Waals surface area contributed by atoms with Crippen molar-refractivity contribution in [3.8, 4) is 0 Å². The number of aromatic nitrogens is 1. The molecule has 0 radical (unpaired) electrons. The number of nitrogens with zero attached hydrogens (tertiary/aromatic N) is 2. The highest BCUT2D eigenvalue weighted by Crippen LogP contribution is 2.25. The number of nitrogens with one attached hydrogen (secondary N) is 1. The number of piperidine rings is 1. The molecule has 0 aliphatic carbocycles. The van der Waals surface area contributed by atoms with Gasteiger partial charge >= 0.3 is 6.09 Å². The van der Waals surface area contributed by atoms with Crippen LogP contribution in [0, 0.1) is 6.92 Å². The fourth-order valence-electron chi connectivity index (χ4n) is 3.11. The van der Waals surface area contributed by atoms with Crippen LogP contribution in [0.15, 0.2) is 30.5 Å². The summed E-state index contributed by atoms with van der Waals surface area (Å²) in [5.74, 6) is 0.00314. The lowest BCUT2D eigenvalue weighted by molar-refractivity contribution is 0.0210. The Labute approximate surface area is 169 Å². The lowest BCUT2D eigenvalue weighted by Crippen LogP contribution is -2.44. The molecule has 6 nitrogen and oxygen atoms in total. The van der Waals surface area contributed by atoms with Crippen LogP contribution in [0.5, 0.6) is 0 Å². The molecule has 1 aliphatic rings. The van der Waals surface area contributed by atoms with E-state index in [-0.39, 0.29) is 17.9 Å². The molecule has 0 saturated carbocycles. The third-order valence-electron chi connectivity index (χ3n) is 4.59. The molecule has 28 heavy (non-hydrogen) atoms. The number of aryl methyl sites for hydroxylation is 1. The third kappa shape index (κ3) is 5.10. The van der Waals surface area contributed by atoms with Crippen LogP contribution >= 0.6 is 11.3 Å². The van der Waals surface area contributed by atoms with Gasteiger partial charge in [0.05, 0.1) is 11.1 Å². The molecule has 1 aromatic carbocycles. The second-order valence-corrected chi connectivity index (χ2v) is 9.09. The Morgan fingerprint density at radius 3 is 2.54 bits per heavy atom. The van der Waals surface area contributed by atoms with Gasteiger partial charge < -0.3 is 15.0 Å². The average Bonchev–Trinajstić information content (AvgIpc) is 3.09. The molecule has 3 rings (SSSR count). The predicted molar refractivity (Wildman–Crippen MR) is 111 cm³/mol. The normalized spacial score (nSPS) is 15.4. The minimum Gasteiger partial charge on any atom is -0.444 e. The molecule has 7 heteroatoms. The molecule has 1 fully saturated rings. The number of hydrogen-bond acceptors (Lipinski definition) is 6. The predicted octanol–water partition coefficient (Wildman–Crippen LogP) is 4.49. The van der Waals surface area contributed by atoms with E-state index in [2.05, 4.69) is 10.3 Å². The molecule has 2 heterocycles. The summed E-state index contributed by atoms with van der Waals surface area (Å²) in [6, 6.07) is 7.81. The first-order valence-corrected chi connectivity index (χ1v) is 10.4. The van der Waals surface area contributed by atoms with E-state index in [1.165, 1.54) is 11.3 Å². The molecule has 1 aromatic heterocycles. The van der Waals surface area contributed by atoms with Crippen LogP contribution in [0.4, 0.5) is 9.93 Å². The first kappa shape index (κ1) is 20.3. The number of thiazole rings is 1. The molecule has 150 valence electrons. The van der Waals surface area contributed by atoms with Crippen LogP contribution in [0.3, 0.4) is 0 Å². The summed E-state index contributed by atoms with van der Waals surface area (Å²) in [4.78, 5) is 31.6. The maximum absolute atomic E-state index is 12.7. The maximum Gasteiger partial charge on any atom is 0.410 e. The van der Waals surface area contributed by atoms with Crippen molar-refractivity contribution in [1.82, 2.24) is 9.88 Å². The van der Waals surface area contributed by atoms with Crippen molar-refractivity contribution in [3.63, 3.8) is 0 Å². The number of anilines is 1. The molecule has 0 atom stereocenters. The highest BCUT2D eigenvalue weighted by molar-refractivity contribution is 7.17. The standard InChI is InChI=1S/C21H27N3O3S/c1-14-7-5-6-8-16(14)18(25)17-13-22-19(28-17)23-15-9-11-24(12-10-15)20(26)27-21(2,3)4/h5-8,13,15H,9-12H2,1-4H3,(H,22,23). The van der Waals surface area contributed by atoms with Gasteiger partial charge in [0.15, 0.2) is 5.13 Å². The molecule has 1 amide bonds. The van der Waals surface area contributed by atoms with Gasteiger partial charge in [0, 0.05) is 24.7 Å². The Bertz CT molecular complexity index is 849. The number of carbonyl (C=O) groups excluding carboxylic acids is 2. The molecule has 0 unspecified atom stereocenters. The number of amides is 1. The summed E-state index contributed by atoms with van der Waals surface area (Å²) in [6.07, 6.45) is 3.02. The Hall–Kier alpha value is -2.41. The van der Waals surface area contributed by atoms with E-state index < -0.39 is 5.60 Å². The highest BCUT2D eigenvalue weighted by Gasteiger charge is 2.27. The van der Waals surface area contributed by atoms with Gasteiger partial charge in [-0.25, -0.2) is 9.78 Å². The minimum absolute atomic E-state index is 0.00314. The number of carbonyl (C=O) groups is 2. The Balaban J connectivity index is 1.55. The van der Waals surface area contributed by atoms with E-state index in [4.69, 9.17) is 4.74 Å². The van der Waals surface area contributed by atoms with Crippen molar-refractivity contribution in [2.45, 2.75) is 52.2 Å². The summed E-state index contributed by atoms with van der Waals surface area (Å²) in [7, 11) is 0. The Morgan fingerprint density at radius 1 is 1.21 bits per heavy atom. The molecular weight excluding hydrogens is 374 g/mol. The van der Waals surface area contributed by atoms with E-state index in [0.29, 0.717) is 23.5 Å². The lowest BCUT2D eigenvalue weighted by atomic mass is 10.0. The SMILES string of the molecule is Cc1ccccc1C(=O)c1cnc(NC2CCN(C(=O)OC(C)(C)C)CC2)s1. The lowest BCUT2D eigenvalue weighted by Gasteiger charge is -2.33. The summed E-state index contributed by atoms with van der Waals surface area (Å²) < 4.78 is 5.43. The summed E-state index contributed by atoms with van der Waals surface area (Å²) in [5, 5.41) is 4.15. The summed E-state index contributed by atoms with van der Waals surface area (Å²) in [6.45, 7) is 8.85. The first-order valence-electron chi connectivity index (χ1n) is 9.53. The second kappa shape index (κ2) is 8.31. The van der Waals surface area contributed by atoms with Gasteiger partial charge in [0.25, 0.3) is 0 Å². The van der Waals surface area contributed by atoms with Crippen LogP contribution in [-0.4, -0.2) is 46.5 Å². The third-order valence-corrected chi connectivity index (χ3v) is 5.52. The minimum atomic E-state index is -0.479. The van der Waals surface area contributed by atoms with E-state index in [9.17, 15) is 9.59 Å². The largest absolute Gasteiger partial charge is 0.444 e. The molecule has 0 bridgehead atoms. The van der Waals surface area contributed by atoms with Gasteiger partial charge in [-0.05, 0) is 46.1 Å². The van der Waals surface area contributed by atoms with Crippen molar-refractivity contribution < 1.29 is 14.3 Å². The quantitative estimate of drug-likeness (QED) is 0.764.